The minimum Gasteiger partial charge on any atom is -0.309 e. The van der Waals surface area contributed by atoms with Gasteiger partial charge in [0, 0.05) is 19.1 Å². The maximum Gasteiger partial charge on any atom is 0.113 e. The van der Waals surface area contributed by atoms with Gasteiger partial charge in [-0.15, -0.1) is 11.3 Å². The molecule has 1 unspecified atom stereocenters. The summed E-state index contributed by atoms with van der Waals surface area (Å²) < 4.78 is 0.768. The highest BCUT2D eigenvalue weighted by Gasteiger charge is 2.19. The number of hydrogen-bond acceptors (Lipinski definition) is 4. The third-order valence-electron chi connectivity index (χ3n) is 2.85. The fourth-order valence-corrected chi connectivity index (χ4v) is 2.88. The molecule has 1 aromatic heterocycles. The van der Waals surface area contributed by atoms with Crippen LogP contribution in [-0.2, 0) is 6.54 Å². The predicted molar refractivity (Wildman–Crippen MR) is 64.5 cm³/mol. The van der Waals surface area contributed by atoms with E-state index in [2.05, 4.69) is 22.2 Å². The zero-order valence-corrected chi connectivity index (χ0v) is 10.4. The predicted octanol–water partition coefficient (Wildman–Crippen LogP) is 1.98. The third-order valence-corrected chi connectivity index (χ3v) is 3.97. The normalized spacial score (nSPS) is 22.4. The molecule has 0 spiro atoms. The molecule has 0 aromatic carbocycles. The number of nitrogens with zero attached hydrogens (tertiary/aromatic N) is 2. The minimum absolute atomic E-state index is 0.695. The molecule has 15 heavy (non-hydrogen) atoms. The molecule has 2 rings (SSSR count). The van der Waals surface area contributed by atoms with E-state index in [0.717, 1.165) is 22.4 Å². The molecule has 1 aliphatic rings. The van der Waals surface area contributed by atoms with Crippen LogP contribution in [0.25, 0.3) is 0 Å². The van der Waals surface area contributed by atoms with Gasteiger partial charge in [-0.25, -0.2) is 4.98 Å². The van der Waals surface area contributed by atoms with E-state index in [-0.39, 0.29) is 0 Å². The summed E-state index contributed by atoms with van der Waals surface area (Å²) in [5.41, 5.74) is 0. The topological polar surface area (TPSA) is 28.2 Å². The van der Waals surface area contributed by atoms with Gasteiger partial charge in [-0.3, -0.25) is 0 Å². The van der Waals surface area contributed by atoms with Gasteiger partial charge in [0.25, 0.3) is 0 Å². The third kappa shape index (κ3) is 3.14. The fraction of sp³-hybridized carbons (Fsp3) is 0.700. The summed E-state index contributed by atoms with van der Waals surface area (Å²) in [6, 6.07) is 0.695. The molecular formula is C10H16ClN3S. The molecule has 0 amide bonds. The molecule has 2 heterocycles. The largest absolute Gasteiger partial charge is 0.309 e. The second-order valence-electron chi connectivity index (χ2n) is 3.97. The number of aromatic nitrogens is 1. The smallest absolute Gasteiger partial charge is 0.113 e. The van der Waals surface area contributed by atoms with Crippen molar-refractivity contribution in [3.63, 3.8) is 0 Å². The van der Waals surface area contributed by atoms with E-state index >= 15 is 0 Å². The lowest BCUT2D eigenvalue weighted by Gasteiger charge is -2.19. The molecule has 84 valence electrons. The van der Waals surface area contributed by atoms with Crippen molar-refractivity contribution in [3.05, 3.63) is 15.5 Å². The van der Waals surface area contributed by atoms with Crippen molar-refractivity contribution in [1.82, 2.24) is 15.2 Å². The molecule has 1 aromatic rings. The first-order valence-electron chi connectivity index (χ1n) is 5.27. The Balaban J connectivity index is 1.70. The summed E-state index contributed by atoms with van der Waals surface area (Å²) in [7, 11) is 2.19. The van der Waals surface area contributed by atoms with Crippen molar-refractivity contribution < 1.29 is 0 Å². The van der Waals surface area contributed by atoms with Crippen molar-refractivity contribution >= 4 is 22.9 Å². The van der Waals surface area contributed by atoms with Crippen LogP contribution in [0, 0.1) is 0 Å². The van der Waals surface area contributed by atoms with Gasteiger partial charge < -0.3 is 10.2 Å². The van der Waals surface area contributed by atoms with Gasteiger partial charge in [0.2, 0.25) is 0 Å². The fourth-order valence-electron chi connectivity index (χ4n) is 1.95. The van der Waals surface area contributed by atoms with Crippen LogP contribution in [0.1, 0.15) is 17.8 Å². The number of likely N-dealkylation sites (N-methyl/N-ethyl adjacent to an activating group) is 1. The Morgan fingerprint density at radius 3 is 3.20 bits per heavy atom. The molecular weight excluding hydrogens is 230 g/mol. The van der Waals surface area contributed by atoms with Crippen molar-refractivity contribution in [2.24, 2.45) is 0 Å². The maximum atomic E-state index is 5.81. The lowest BCUT2D eigenvalue weighted by Crippen LogP contribution is -2.35. The highest BCUT2D eigenvalue weighted by atomic mass is 35.5. The molecule has 1 aliphatic heterocycles. The number of rotatable bonds is 4. The second kappa shape index (κ2) is 5.25. The Kier molecular flexibility index (Phi) is 3.97. The first-order chi connectivity index (χ1) is 7.25. The standard InChI is InChI=1S/C10H16ClN3S/c1-14-4-2-3-8(14)5-12-7-10-13-6-9(11)15-10/h6,8,12H,2-5,7H2,1H3. The average molecular weight is 246 g/mol. The van der Waals surface area contributed by atoms with Crippen molar-refractivity contribution in [2.45, 2.75) is 25.4 Å². The van der Waals surface area contributed by atoms with E-state index in [9.17, 15) is 0 Å². The van der Waals surface area contributed by atoms with Gasteiger partial charge >= 0.3 is 0 Å². The molecule has 3 nitrogen and oxygen atoms in total. The molecule has 0 aliphatic carbocycles. The second-order valence-corrected chi connectivity index (χ2v) is 5.71. The van der Waals surface area contributed by atoms with Crippen molar-refractivity contribution in [2.75, 3.05) is 20.1 Å². The van der Waals surface area contributed by atoms with Gasteiger partial charge in [0.15, 0.2) is 0 Å². The summed E-state index contributed by atoms with van der Waals surface area (Å²) >= 11 is 7.36. The first kappa shape index (κ1) is 11.3. The van der Waals surface area contributed by atoms with Gasteiger partial charge in [0.1, 0.15) is 9.34 Å². The molecule has 0 bridgehead atoms. The minimum atomic E-state index is 0.695. The average Bonchev–Trinajstić information content (AvgIpc) is 2.77. The van der Waals surface area contributed by atoms with Crippen LogP contribution < -0.4 is 5.32 Å². The summed E-state index contributed by atoms with van der Waals surface area (Å²) in [6.45, 7) is 3.12. The molecule has 1 saturated heterocycles. The highest BCUT2D eigenvalue weighted by Crippen LogP contribution is 2.18. The molecule has 0 radical (unpaired) electrons. The van der Waals surface area contributed by atoms with Crippen molar-refractivity contribution in [3.8, 4) is 0 Å². The van der Waals surface area contributed by atoms with Crippen LogP contribution in [0.4, 0.5) is 0 Å². The van der Waals surface area contributed by atoms with Gasteiger partial charge in [-0.1, -0.05) is 11.6 Å². The Morgan fingerprint density at radius 1 is 1.73 bits per heavy atom. The van der Waals surface area contributed by atoms with E-state index < -0.39 is 0 Å². The number of likely N-dealkylation sites (tertiary alicyclic amines) is 1. The number of hydrogen-bond donors (Lipinski definition) is 1. The summed E-state index contributed by atoms with van der Waals surface area (Å²) in [5.74, 6) is 0. The zero-order valence-electron chi connectivity index (χ0n) is 8.87. The molecule has 0 saturated carbocycles. The van der Waals surface area contributed by atoms with Crippen LogP contribution in [0.2, 0.25) is 4.34 Å². The number of nitrogens with one attached hydrogen (secondary N) is 1. The van der Waals surface area contributed by atoms with Gasteiger partial charge in [-0.2, -0.15) is 0 Å². The van der Waals surface area contributed by atoms with E-state index in [0.29, 0.717) is 6.04 Å². The van der Waals surface area contributed by atoms with Crippen LogP contribution in [0.15, 0.2) is 6.20 Å². The van der Waals surface area contributed by atoms with E-state index in [1.807, 2.05) is 0 Å². The summed E-state index contributed by atoms with van der Waals surface area (Å²) in [5, 5.41) is 4.51. The molecule has 1 fully saturated rings. The Hall–Kier alpha value is -0.160. The molecule has 5 heteroatoms. The Morgan fingerprint density at radius 2 is 2.60 bits per heavy atom. The number of thiazole rings is 1. The molecule has 1 N–H and O–H groups in total. The lowest BCUT2D eigenvalue weighted by molar-refractivity contribution is 0.300. The number of halogens is 1. The Bertz CT molecular complexity index is 315. The van der Waals surface area contributed by atoms with E-state index in [4.69, 9.17) is 11.6 Å². The molecule has 1 atom stereocenters. The van der Waals surface area contributed by atoms with Crippen LogP contribution in [0.5, 0.6) is 0 Å². The van der Waals surface area contributed by atoms with Crippen LogP contribution >= 0.6 is 22.9 Å². The first-order valence-corrected chi connectivity index (χ1v) is 6.46. The van der Waals surface area contributed by atoms with Crippen LogP contribution in [-0.4, -0.2) is 36.1 Å². The van der Waals surface area contributed by atoms with E-state index in [1.165, 1.54) is 19.4 Å². The quantitative estimate of drug-likeness (QED) is 0.879. The summed E-state index contributed by atoms with van der Waals surface area (Å²) in [6.07, 6.45) is 4.35. The Labute approximate surface area is 99.5 Å². The monoisotopic (exact) mass is 245 g/mol. The zero-order chi connectivity index (χ0) is 10.7. The maximum absolute atomic E-state index is 5.81. The van der Waals surface area contributed by atoms with Gasteiger partial charge in [0.05, 0.1) is 6.20 Å². The SMILES string of the molecule is CN1CCCC1CNCc1ncc(Cl)s1. The van der Waals surface area contributed by atoms with Crippen LogP contribution in [0.3, 0.4) is 0 Å². The lowest BCUT2D eigenvalue weighted by atomic mass is 10.2. The summed E-state index contributed by atoms with van der Waals surface area (Å²) in [4.78, 5) is 6.63. The van der Waals surface area contributed by atoms with Crippen molar-refractivity contribution in [1.29, 1.82) is 0 Å². The van der Waals surface area contributed by atoms with Gasteiger partial charge in [-0.05, 0) is 26.4 Å². The highest BCUT2D eigenvalue weighted by molar-refractivity contribution is 7.15. The van der Waals surface area contributed by atoms with E-state index in [1.54, 1.807) is 17.5 Å².